The van der Waals surface area contributed by atoms with Crippen LogP contribution in [0.2, 0.25) is 5.02 Å². The van der Waals surface area contributed by atoms with Crippen molar-refractivity contribution in [1.82, 2.24) is 9.59 Å². The molecule has 1 aromatic carbocycles. The number of hydrogen-bond acceptors (Lipinski definition) is 4. The summed E-state index contributed by atoms with van der Waals surface area (Å²) in [5.41, 5.74) is 0.472. The lowest BCUT2D eigenvalue weighted by molar-refractivity contribution is 0.0996. The molecule has 0 spiro atoms. The molecular formula is C10H6ClFN2OS. The van der Waals surface area contributed by atoms with Crippen molar-refractivity contribution in [3.05, 3.63) is 45.7 Å². The van der Waals surface area contributed by atoms with Crippen molar-refractivity contribution in [2.45, 2.75) is 6.42 Å². The summed E-state index contributed by atoms with van der Waals surface area (Å²) in [6, 6.07) is 3.95. The molecule has 1 heterocycles. The van der Waals surface area contributed by atoms with Gasteiger partial charge in [0, 0.05) is 11.4 Å². The lowest BCUT2D eigenvalue weighted by Crippen LogP contribution is -2.02. The SMILES string of the molecule is O=C(Cc1cc(F)ccc1Cl)c1cnns1. The molecule has 0 aliphatic carbocycles. The van der Waals surface area contributed by atoms with E-state index in [9.17, 15) is 9.18 Å². The summed E-state index contributed by atoms with van der Waals surface area (Å²) < 4.78 is 16.5. The standard InChI is InChI=1S/C10H6ClFN2OS/c11-8-2-1-7(12)3-6(8)4-9(15)10-5-13-14-16-10/h1-3,5H,4H2. The van der Waals surface area contributed by atoms with E-state index in [0.717, 1.165) is 11.5 Å². The number of aromatic nitrogens is 2. The van der Waals surface area contributed by atoms with Crippen LogP contribution in [0.1, 0.15) is 15.2 Å². The second-order valence-corrected chi connectivity index (χ2v) is 4.31. The van der Waals surface area contributed by atoms with Gasteiger partial charge in [-0.1, -0.05) is 16.1 Å². The van der Waals surface area contributed by atoms with E-state index in [-0.39, 0.29) is 12.2 Å². The number of halogens is 2. The smallest absolute Gasteiger partial charge is 0.180 e. The third-order valence-electron chi connectivity index (χ3n) is 1.99. The highest BCUT2D eigenvalue weighted by Crippen LogP contribution is 2.19. The van der Waals surface area contributed by atoms with E-state index < -0.39 is 5.82 Å². The molecule has 0 aliphatic rings. The van der Waals surface area contributed by atoms with Crippen LogP contribution in [0.5, 0.6) is 0 Å². The molecule has 6 heteroatoms. The first-order valence-electron chi connectivity index (χ1n) is 4.41. The second kappa shape index (κ2) is 4.67. The Bertz CT molecular complexity index is 516. The van der Waals surface area contributed by atoms with Gasteiger partial charge in [0.2, 0.25) is 0 Å². The number of carbonyl (C=O) groups is 1. The van der Waals surface area contributed by atoms with Crippen LogP contribution >= 0.6 is 23.1 Å². The zero-order chi connectivity index (χ0) is 11.5. The number of Topliss-reactive ketones (excluding diaryl/α,β-unsaturated/α-hetero) is 1. The fraction of sp³-hybridized carbons (Fsp3) is 0.100. The van der Waals surface area contributed by atoms with E-state index in [1.54, 1.807) is 0 Å². The summed E-state index contributed by atoms with van der Waals surface area (Å²) in [5, 5.41) is 3.95. The topological polar surface area (TPSA) is 42.9 Å². The van der Waals surface area contributed by atoms with Crippen molar-refractivity contribution < 1.29 is 9.18 Å². The Morgan fingerprint density at radius 3 is 3.00 bits per heavy atom. The fourth-order valence-electron chi connectivity index (χ4n) is 1.23. The molecule has 0 N–H and O–H groups in total. The van der Waals surface area contributed by atoms with Crippen LogP contribution in [0.15, 0.2) is 24.4 Å². The molecule has 3 nitrogen and oxygen atoms in total. The number of nitrogens with zero attached hydrogens (tertiary/aromatic N) is 2. The van der Waals surface area contributed by atoms with Crippen molar-refractivity contribution in [3.63, 3.8) is 0 Å². The number of hydrogen-bond donors (Lipinski definition) is 0. The molecule has 0 bridgehead atoms. The first kappa shape index (κ1) is 11.2. The normalized spacial score (nSPS) is 10.4. The van der Waals surface area contributed by atoms with Crippen LogP contribution in [-0.4, -0.2) is 15.4 Å². The van der Waals surface area contributed by atoms with E-state index in [2.05, 4.69) is 9.59 Å². The first-order valence-corrected chi connectivity index (χ1v) is 5.56. The Hall–Kier alpha value is -1.33. The largest absolute Gasteiger partial charge is 0.293 e. The van der Waals surface area contributed by atoms with E-state index in [4.69, 9.17) is 11.6 Å². The van der Waals surface area contributed by atoms with Gasteiger partial charge in [-0.25, -0.2) is 4.39 Å². The highest BCUT2D eigenvalue weighted by molar-refractivity contribution is 7.07. The van der Waals surface area contributed by atoms with Gasteiger partial charge in [0.05, 0.1) is 6.20 Å². The second-order valence-electron chi connectivity index (χ2n) is 3.12. The Balaban J connectivity index is 2.21. The van der Waals surface area contributed by atoms with Crippen LogP contribution in [0.3, 0.4) is 0 Å². The number of benzene rings is 1. The molecular weight excluding hydrogens is 251 g/mol. The minimum Gasteiger partial charge on any atom is -0.293 e. The molecule has 1 aromatic heterocycles. The van der Waals surface area contributed by atoms with Gasteiger partial charge in [-0.15, -0.1) is 5.10 Å². The molecule has 0 aliphatic heterocycles. The molecule has 16 heavy (non-hydrogen) atoms. The van der Waals surface area contributed by atoms with Crippen LogP contribution in [0, 0.1) is 5.82 Å². The highest BCUT2D eigenvalue weighted by atomic mass is 35.5. The Morgan fingerprint density at radius 1 is 1.50 bits per heavy atom. The summed E-state index contributed by atoms with van der Waals surface area (Å²) in [6.45, 7) is 0. The van der Waals surface area contributed by atoms with Gasteiger partial charge < -0.3 is 0 Å². The summed E-state index contributed by atoms with van der Waals surface area (Å²) in [5.74, 6) is -0.572. The molecule has 0 saturated heterocycles. The average Bonchev–Trinajstić information content (AvgIpc) is 2.76. The van der Waals surface area contributed by atoms with Gasteiger partial charge in [0.15, 0.2) is 5.78 Å². The first-order chi connectivity index (χ1) is 7.66. The molecule has 0 radical (unpaired) electrons. The van der Waals surface area contributed by atoms with Gasteiger partial charge in [0.1, 0.15) is 10.7 Å². The summed E-state index contributed by atoms with van der Waals surface area (Å²) in [7, 11) is 0. The molecule has 0 unspecified atom stereocenters. The van der Waals surface area contributed by atoms with Gasteiger partial charge in [0.25, 0.3) is 0 Å². The molecule has 0 fully saturated rings. The lowest BCUT2D eigenvalue weighted by Gasteiger charge is -2.01. The molecule has 0 saturated carbocycles. The maximum absolute atomic E-state index is 12.9. The summed E-state index contributed by atoms with van der Waals surface area (Å²) in [6.07, 6.45) is 1.45. The van der Waals surface area contributed by atoms with E-state index in [1.165, 1.54) is 24.4 Å². The fourth-order valence-corrected chi connectivity index (χ4v) is 1.86. The summed E-state index contributed by atoms with van der Waals surface area (Å²) >= 11 is 6.87. The van der Waals surface area contributed by atoms with Crippen molar-refractivity contribution in [1.29, 1.82) is 0 Å². The zero-order valence-electron chi connectivity index (χ0n) is 7.98. The molecule has 82 valence electrons. The molecule has 0 atom stereocenters. The van der Waals surface area contributed by atoms with Crippen molar-refractivity contribution in [2.24, 2.45) is 0 Å². The monoisotopic (exact) mass is 256 g/mol. The van der Waals surface area contributed by atoms with Crippen molar-refractivity contribution in [2.75, 3.05) is 0 Å². The van der Waals surface area contributed by atoms with E-state index in [1.807, 2.05) is 0 Å². The molecule has 2 rings (SSSR count). The van der Waals surface area contributed by atoms with Gasteiger partial charge >= 0.3 is 0 Å². The zero-order valence-corrected chi connectivity index (χ0v) is 9.56. The minimum atomic E-state index is -0.408. The van der Waals surface area contributed by atoms with Gasteiger partial charge in [-0.2, -0.15) is 0 Å². The minimum absolute atomic E-state index is 0.0560. The van der Waals surface area contributed by atoms with Gasteiger partial charge in [-0.05, 0) is 35.3 Å². The lowest BCUT2D eigenvalue weighted by atomic mass is 10.1. The Kier molecular flexibility index (Phi) is 3.26. The number of ketones is 1. The van der Waals surface area contributed by atoms with Crippen LogP contribution < -0.4 is 0 Å². The molecule has 0 amide bonds. The van der Waals surface area contributed by atoms with E-state index >= 15 is 0 Å². The van der Waals surface area contributed by atoms with Crippen LogP contribution in [0.25, 0.3) is 0 Å². The van der Waals surface area contributed by atoms with Crippen molar-refractivity contribution in [3.8, 4) is 0 Å². The number of rotatable bonds is 3. The maximum Gasteiger partial charge on any atom is 0.180 e. The third kappa shape index (κ3) is 2.43. The Labute approximate surface area is 100 Å². The molecule has 2 aromatic rings. The quantitative estimate of drug-likeness (QED) is 0.793. The Morgan fingerprint density at radius 2 is 2.31 bits per heavy atom. The average molecular weight is 257 g/mol. The van der Waals surface area contributed by atoms with E-state index in [0.29, 0.717) is 15.5 Å². The maximum atomic E-state index is 12.9. The van der Waals surface area contributed by atoms with Crippen LogP contribution in [-0.2, 0) is 6.42 Å². The highest BCUT2D eigenvalue weighted by Gasteiger charge is 2.12. The number of carbonyl (C=O) groups excluding carboxylic acids is 1. The van der Waals surface area contributed by atoms with Crippen molar-refractivity contribution >= 4 is 28.9 Å². The third-order valence-corrected chi connectivity index (χ3v) is 3.07. The van der Waals surface area contributed by atoms with Gasteiger partial charge in [-0.3, -0.25) is 4.79 Å². The predicted octanol–water partition coefficient (Wildman–Crippen LogP) is 2.76. The summed E-state index contributed by atoms with van der Waals surface area (Å²) in [4.78, 5) is 12.1. The predicted molar refractivity (Wildman–Crippen MR) is 59.4 cm³/mol. The van der Waals surface area contributed by atoms with Crippen LogP contribution in [0.4, 0.5) is 4.39 Å².